The Bertz CT molecular complexity index is 1180. The van der Waals surface area contributed by atoms with Crippen molar-refractivity contribution in [3.63, 3.8) is 0 Å². The van der Waals surface area contributed by atoms with Crippen molar-refractivity contribution in [2.24, 2.45) is 0 Å². The van der Waals surface area contributed by atoms with Crippen LogP contribution in [0.25, 0.3) is 0 Å². The van der Waals surface area contributed by atoms with E-state index in [-0.39, 0.29) is 28.8 Å². The largest absolute Gasteiger partial charge is 0.496 e. The Morgan fingerprint density at radius 2 is 1.85 bits per heavy atom. The van der Waals surface area contributed by atoms with E-state index in [1.165, 1.54) is 40.6 Å². The van der Waals surface area contributed by atoms with Crippen molar-refractivity contribution in [3.05, 3.63) is 52.1 Å². The Morgan fingerprint density at radius 3 is 2.55 bits per heavy atom. The summed E-state index contributed by atoms with van der Waals surface area (Å²) >= 11 is 0. The summed E-state index contributed by atoms with van der Waals surface area (Å²) in [5.74, 6) is -0.0915. The fourth-order valence-corrected chi connectivity index (χ4v) is 5.73. The van der Waals surface area contributed by atoms with E-state index in [1.807, 2.05) is 0 Å². The number of benzene rings is 2. The summed E-state index contributed by atoms with van der Waals surface area (Å²) in [5, 5.41) is 11.3. The van der Waals surface area contributed by atoms with Crippen molar-refractivity contribution in [2.45, 2.75) is 30.6 Å². The molecule has 0 radical (unpaired) electrons. The molecule has 2 aliphatic heterocycles. The summed E-state index contributed by atoms with van der Waals surface area (Å²) in [6.45, 7) is 1.05. The van der Waals surface area contributed by atoms with Gasteiger partial charge >= 0.3 is 5.69 Å². The molecule has 0 bridgehead atoms. The predicted octanol–water partition coefficient (Wildman–Crippen LogP) is 2.75. The maximum Gasteiger partial charge on any atom is 0.314 e. The second-order valence-electron chi connectivity index (χ2n) is 7.93. The standard InChI is InChI=1S/C22H25N3O7S/c1-31-17-5-8-21(20(14-17)25(27)28)32-15-22(26)24-12-9-16-13-18(6-7-19(16)24)33(29,30)23-10-3-2-4-11-23/h5-8,13-14H,2-4,9-12,15H2,1H3. The zero-order valence-corrected chi connectivity index (χ0v) is 19.0. The van der Waals surface area contributed by atoms with Crippen molar-refractivity contribution < 1.29 is 27.6 Å². The van der Waals surface area contributed by atoms with Crippen LogP contribution in [0.3, 0.4) is 0 Å². The molecule has 0 unspecified atom stereocenters. The second kappa shape index (κ2) is 9.36. The molecule has 4 rings (SSSR count). The predicted molar refractivity (Wildman–Crippen MR) is 120 cm³/mol. The first-order valence-corrected chi connectivity index (χ1v) is 12.1. The van der Waals surface area contributed by atoms with Crippen LogP contribution in [0.1, 0.15) is 24.8 Å². The molecule has 2 heterocycles. The van der Waals surface area contributed by atoms with E-state index in [9.17, 15) is 23.3 Å². The van der Waals surface area contributed by atoms with E-state index >= 15 is 0 Å². The molecule has 1 amide bonds. The van der Waals surface area contributed by atoms with E-state index in [2.05, 4.69) is 0 Å². The molecular formula is C22H25N3O7S. The number of carbonyl (C=O) groups excluding carboxylic acids is 1. The van der Waals surface area contributed by atoms with Gasteiger partial charge in [0.25, 0.3) is 5.91 Å². The average Bonchev–Trinajstić information content (AvgIpc) is 3.26. The van der Waals surface area contributed by atoms with Crippen LogP contribution in [0, 0.1) is 10.1 Å². The lowest BCUT2D eigenvalue weighted by Gasteiger charge is -2.26. The van der Waals surface area contributed by atoms with Gasteiger partial charge in [0.15, 0.2) is 12.4 Å². The van der Waals surface area contributed by atoms with Gasteiger partial charge in [-0.05, 0) is 55.2 Å². The second-order valence-corrected chi connectivity index (χ2v) is 9.87. The Kier molecular flexibility index (Phi) is 6.52. The Labute approximate surface area is 191 Å². The number of fused-ring (bicyclic) bond motifs is 1. The van der Waals surface area contributed by atoms with Crippen LogP contribution in [-0.2, 0) is 21.2 Å². The fourth-order valence-electron chi connectivity index (χ4n) is 4.16. The van der Waals surface area contributed by atoms with Gasteiger partial charge in [0, 0.05) is 25.3 Å². The molecule has 0 saturated carbocycles. The van der Waals surface area contributed by atoms with Crippen LogP contribution in [0.2, 0.25) is 0 Å². The molecule has 10 nitrogen and oxygen atoms in total. The number of nitro groups is 1. The van der Waals surface area contributed by atoms with E-state index in [0.29, 0.717) is 37.5 Å². The van der Waals surface area contributed by atoms with Crippen molar-refractivity contribution >= 4 is 27.3 Å². The molecule has 2 aromatic rings. The van der Waals surface area contributed by atoms with Gasteiger partial charge in [-0.15, -0.1) is 0 Å². The third kappa shape index (κ3) is 4.64. The van der Waals surface area contributed by atoms with Crippen LogP contribution in [0.15, 0.2) is 41.3 Å². The van der Waals surface area contributed by atoms with Crippen molar-refractivity contribution in [1.82, 2.24) is 4.31 Å². The molecule has 1 saturated heterocycles. The Hall–Kier alpha value is -3.18. The molecule has 0 aromatic heterocycles. The third-order valence-electron chi connectivity index (χ3n) is 5.91. The van der Waals surface area contributed by atoms with Gasteiger partial charge in [-0.25, -0.2) is 8.42 Å². The number of sulfonamides is 1. The van der Waals surface area contributed by atoms with E-state index in [0.717, 1.165) is 24.8 Å². The maximum absolute atomic E-state index is 13.0. The maximum atomic E-state index is 13.0. The smallest absolute Gasteiger partial charge is 0.314 e. The summed E-state index contributed by atoms with van der Waals surface area (Å²) in [4.78, 5) is 25.3. The van der Waals surface area contributed by atoms with E-state index in [4.69, 9.17) is 9.47 Å². The number of hydrogen-bond donors (Lipinski definition) is 0. The number of nitrogens with zero attached hydrogens (tertiary/aromatic N) is 3. The summed E-state index contributed by atoms with van der Waals surface area (Å²) in [6, 6.07) is 8.95. The van der Waals surface area contributed by atoms with Gasteiger partial charge in [0.1, 0.15) is 5.75 Å². The molecule has 0 atom stereocenters. The number of nitro benzene ring substituents is 1. The first-order chi connectivity index (χ1) is 15.8. The highest BCUT2D eigenvalue weighted by Gasteiger charge is 2.30. The first kappa shape index (κ1) is 23.0. The quantitative estimate of drug-likeness (QED) is 0.446. The lowest BCUT2D eigenvalue weighted by atomic mass is 10.2. The summed E-state index contributed by atoms with van der Waals surface area (Å²) in [6.07, 6.45) is 3.28. The van der Waals surface area contributed by atoms with Crippen molar-refractivity contribution in [3.8, 4) is 11.5 Å². The van der Waals surface area contributed by atoms with Crippen LogP contribution >= 0.6 is 0 Å². The molecule has 176 valence electrons. The van der Waals surface area contributed by atoms with Gasteiger partial charge in [-0.1, -0.05) is 6.42 Å². The van der Waals surface area contributed by atoms with Crippen LogP contribution in [-0.4, -0.2) is 56.9 Å². The zero-order valence-electron chi connectivity index (χ0n) is 18.2. The van der Waals surface area contributed by atoms with Crippen molar-refractivity contribution in [1.29, 1.82) is 0 Å². The number of amides is 1. The van der Waals surface area contributed by atoms with Gasteiger partial charge in [0.2, 0.25) is 10.0 Å². The van der Waals surface area contributed by atoms with Gasteiger partial charge in [0.05, 0.1) is 23.0 Å². The average molecular weight is 476 g/mol. The monoisotopic (exact) mass is 475 g/mol. The third-order valence-corrected chi connectivity index (χ3v) is 7.81. The van der Waals surface area contributed by atoms with Crippen LogP contribution < -0.4 is 14.4 Å². The Balaban J connectivity index is 1.47. The molecule has 0 aliphatic carbocycles. The highest BCUT2D eigenvalue weighted by Crippen LogP contribution is 2.33. The lowest BCUT2D eigenvalue weighted by Crippen LogP contribution is -2.35. The number of hydrogen-bond acceptors (Lipinski definition) is 7. The van der Waals surface area contributed by atoms with Crippen LogP contribution in [0.4, 0.5) is 11.4 Å². The number of methoxy groups -OCH3 is 1. The van der Waals surface area contributed by atoms with E-state index < -0.39 is 14.9 Å². The molecular weight excluding hydrogens is 450 g/mol. The number of ether oxygens (including phenoxy) is 2. The normalized spacial score (nSPS) is 16.3. The number of carbonyl (C=O) groups is 1. The number of piperidine rings is 1. The summed E-state index contributed by atoms with van der Waals surface area (Å²) in [7, 11) is -2.16. The molecule has 2 aromatic carbocycles. The van der Waals surface area contributed by atoms with Gasteiger partial charge in [-0.3, -0.25) is 14.9 Å². The molecule has 0 spiro atoms. The molecule has 1 fully saturated rings. The minimum atomic E-state index is -3.56. The SMILES string of the molecule is COc1ccc(OCC(=O)N2CCc3cc(S(=O)(=O)N4CCCCC4)ccc32)c([N+](=O)[O-])c1. The van der Waals surface area contributed by atoms with Gasteiger partial charge < -0.3 is 14.4 Å². The lowest BCUT2D eigenvalue weighted by molar-refractivity contribution is -0.385. The summed E-state index contributed by atoms with van der Waals surface area (Å²) < 4.78 is 37.9. The molecule has 0 N–H and O–H groups in total. The van der Waals surface area contributed by atoms with Crippen molar-refractivity contribution in [2.75, 3.05) is 38.3 Å². The van der Waals surface area contributed by atoms with E-state index in [1.54, 1.807) is 12.1 Å². The highest BCUT2D eigenvalue weighted by atomic mass is 32.2. The van der Waals surface area contributed by atoms with Gasteiger partial charge in [-0.2, -0.15) is 4.31 Å². The number of anilines is 1. The minimum Gasteiger partial charge on any atom is -0.496 e. The van der Waals surface area contributed by atoms with Crippen LogP contribution in [0.5, 0.6) is 11.5 Å². The minimum absolute atomic E-state index is 0.0310. The molecule has 2 aliphatic rings. The topological polar surface area (TPSA) is 119 Å². The molecule has 33 heavy (non-hydrogen) atoms. The summed E-state index contributed by atoms with van der Waals surface area (Å²) in [5.41, 5.74) is 1.11. The molecule has 11 heteroatoms. The zero-order chi connectivity index (χ0) is 23.6. The fraction of sp³-hybridized carbons (Fsp3) is 0.409. The highest BCUT2D eigenvalue weighted by molar-refractivity contribution is 7.89. The Morgan fingerprint density at radius 1 is 1.09 bits per heavy atom. The first-order valence-electron chi connectivity index (χ1n) is 10.7. The number of rotatable bonds is 7.